The lowest BCUT2D eigenvalue weighted by Gasteiger charge is -1.89. The number of aldehydes is 2. The largest absolute Gasteiger partial charge is 0.396 e. The van der Waals surface area contributed by atoms with Gasteiger partial charge in [-0.15, -0.1) is 0 Å². The van der Waals surface area contributed by atoms with Gasteiger partial charge in [0.25, 0.3) is 0 Å². The van der Waals surface area contributed by atoms with Crippen LogP contribution in [-0.2, 0) is 9.59 Å². The SMILES string of the molecule is CC(C=O)CO.O=CCCCO. The molecular formula is C8H16O4. The Morgan fingerprint density at radius 2 is 1.92 bits per heavy atom. The highest BCUT2D eigenvalue weighted by Crippen LogP contribution is 1.81. The summed E-state index contributed by atoms with van der Waals surface area (Å²) < 4.78 is 0. The van der Waals surface area contributed by atoms with Gasteiger partial charge < -0.3 is 19.8 Å². The van der Waals surface area contributed by atoms with Crippen molar-refractivity contribution in [1.29, 1.82) is 0 Å². The molecule has 0 fully saturated rings. The fraction of sp³-hybridized carbons (Fsp3) is 0.750. The quantitative estimate of drug-likeness (QED) is 0.448. The Bertz CT molecular complexity index is 103. The van der Waals surface area contributed by atoms with Crippen LogP contribution in [0.2, 0.25) is 0 Å². The van der Waals surface area contributed by atoms with Gasteiger partial charge in [0, 0.05) is 18.9 Å². The van der Waals surface area contributed by atoms with Gasteiger partial charge in [-0.25, -0.2) is 0 Å². The van der Waals surface area contributed by atoms with Crippen LogP contribution < -0.4 is 0 Å². The van der Waals surface area contributed by atoms with Crippen molar-refractivity contribution in [1.82, 2.24) is 0 Å². The van der Waals surface area contributed by atoms with Gasteiger partial charge in [-0.05, 0) is 6.42 Å². The molecule has 0 aromatic rings. The third-order valence-corrected chi connectivity index (χ3v) is 1.00. The Kier molecular flexibility index (Phi) is 14.9. The summed E-state index contributed by atoms with van der Waals surface area (Å²) in [5.41, 5.74) is 0. The Morgan fingerprint density at radius 3 is 2.00 bits per heavy atom. The van der Waals surface area contributed by atoms with Gasteiger partial charge in [-0.2, -0.15) is 0 Å². The van der Waals surface area contributed by atoms with E-state index < -0.39 is 0 Å². The van der Waals surface area contributed by atoms with E-state index in [2.05, 4.69) is 0 Å². The van der Waals surface area contributed by atoms with Crippen molar-refractivity contribution in [3.05, 3.63) is 0 Å². The van der Waals surface area contributed by atoms with Crippen LogP contribution in [0.4, 0.5) is 0 Å². The molecule has 1 atom stereocenters. The first kappa shape index (κ1) is 13.8. The van der Waals surface area contributed by atoms with E-state index in [1.807, 2.05) is 0 Å². The summed E-state index contributed by atoms with van der Waals surface area (Å²) in [6, 6.07) is 0. The topological polar surface area (TPSA) is 74.6 Å². The number of hydrogen-bond donors (Lipinski definition) is 2. The fourth-order valence-electron chi connectivity index (χ4n) is 0.218. The zero-order chi connectivity index (χ0) is 9.82. The molecule has 0 bridgehead atoms. The first-order chi connectivity index (χ1) is 5.72. The van der Waals surface area contributed by atoms with E-state index in [0.717, 1.165) is 12.6 Å². The van der Waals surface area contributed by atoms with E-state index in [1.165, 1.54) is 0 Å². The molecule has 4 heteroatoms. The maximum Gasteiger partial charge on any atom is 0.125 e. The summed E-state index contributed by atoms with van der Waals surface area (Å²) in [5, 5.41) is 16.1. The lowest BCUT2D eigenvalue weighted by molar-refractivity contribution is -0.111. The molecule has 0 aliphatic carbocycles. The number of aliphatic hydroxyl groups excluding tert-OH is 2. The number of unbranched alkanes of at least 4 members (excludes halogenated alkanes) is 1. The van der Waals surface area contributed by atoms with E-state index in [0.29, 0.717) is 12.8 Å². The molecule has 0 aliphatic heterocycles. The summed E-state index contributed by atoms with van der Waals surface area (Å²) in [6.45, 7) is 1.75. The van der Waals surface area contributed by atoms with Crippen LogP contribution in [0.3, 0.4) is 0 Å². The summed E-state index contributed by atoms with van der Waals surface area (Å²) in [6.07, 6.45) is 2.61. The average Bonchev–Trinajstić information content (AvgIpc) is 2.14. The van der Waals surface area contributed by atoms with Gasteiger partial charge >= 0.3 is 0 Å². The normalized spacial score (nSPS) is 10.9. The molecule has 12 heavy (non-hydrogen) atoms. The van der Waals surface area contributed by atoms with Crippen molar-refractivity contribution in [3.63, 3.8) is 0 Å². The number of carbonyl (C=O) groups excluding carboxylic acids is 2. The molecule has 0 radical (unpaired) electrons. The first-order valence-electron chi connectivity index (χ1n) is 3.83. The van der Waals surface area contributed by atoms with Crippen LogP contribution in [0.25, 0.3) is 0 Å². The smallest absolute Gasteiger partial charge is 0.125 e. The van der Waals surface area contributed by atoms with Gasteiger partial charge in [0.05, 0.1) is 6.61 Å². The molecule has 0 aliphatic rings. The molecule has 0 aromatic heterocycles. The molecule has 0 amide bonds. The molecular weight excluding hydrogens is 160 g/mol. The molecule has 0 saturated heterocycles. The Morgan fingerprint density at radius 1 is 1.33 bits per heavy atom. The summed E-state index contributed by atoms with van der Waals surface area (Å²) in [5.74, 6) is -0.190. The third kappa shape index (κ3) is 16.1. The molecule has 0 heterocycles. The van der Waals surface area contributed by atoms with Crippen molar-refractivity contribution in [2.24, 2.45) is 5.92 Å². The Hall–Kier alpha value is -0.740. The number of carbonyl (C=O) groups is 2. The summed E-state index contributed by atoms with van der Waals surface area (Å²) in [7, 11) is 0. The number of hydrogen-bond acceptors (Lipinski definition) is 4. The predicted octanol–water partition coefficient (Wildman–Crippen LogP) is -0.228. The van der Waals surface area contributed by atoms with E-state index >= 15 is 0 Å². The molecule has 72 valence electrons. The monoisotopic (exact) mass is 176 g/mol. The van der Waals surface area contributed by atoms with Crippen LogP contribution in [0.15, 0.2) is 0 Å². The van der Waals surface area contributed by atoms with Crippen LogP contribution in [-0.4, -0.2) is 36.0 Å². The van der Waals surface area contributed by atoms with E-state index in [4.69, 9.17) is 10.2 Å². The predicted molar refractivity (Wildman–Crippen MR) is 44.7 cm³/mol. The average molecular weight is 176 g/mol. The second-order valence-corrected chi connectivity index (χ2v) is 2.33. The van der Waals surface area contributed by atoms with Gasteiger partial charge in [0.1, 0.15) is 12.6 Å². The standard InChI is InChI=1S/2C4H8O2/c1-4(2-5)3-6;5-3-1-2-4-6/h2,4,6H,3H2,1H3;3,6H,1-2,4H2. The first-order valence-corrected chi connectivity index (χ1v) is 3.83. The fourth-order valence-corrected chi connectivity index (χ4v) is 0.218. The van der Waals surface area contributed by atoms with E-state index in [9.17, 15) is 9.59 Å². The number of aliphatic hydroxyl groups is 2. The number of rotatable bonds is 5. The van der Waals surface area contributed by atoms with Crippen molar-refractivity contribution in [3.8, 4) is 0 Å². The molecule has 0 saturated carbocycles. The maximum absolute atomic E-state index is 9.58. The van der Waals surface area contributed by atoms with E-state index in [-0.39, 0.29) is 19.1 Å². The highest BCUT2D eigenvalue weighted by Gasteiger charge is 1.90. The lowest BCUT2D eigenvalue weighted by Crippen LogP contribution is -1.99. The van der Waals surface area contributed by atoms with Gasteiger partial charge in [-0.3, -0.25) is 0 Å². The van der Waals surface area contributed by atoms with Crippen molar-refractivity contribution < 1.29 is 19.8 Å². The minimum absolute atomic E-state index is 0.0382. The molecule has 4 nitrogen and oxygen atoms in total. The highest BCUT2D eigenvalue weighted by molar-refractivity contribution is 5.52. The lowest BCUT2D eigenvalue weighted by atomic mass is 10.2. The molecule has 2 N–H and O–H groups in total. The third-order valence-electron chi connectivity index (χ3n) is 1.00. The van der Waals surface area contributed by atoms with Crippen LogP contribution >= 0.6 is 0 Å². The van der Waals surface area contributed by atoms with Crippen molar-refractivity contribution >= 4 is 12.6 Å². The minimum atomic E-state index is -0.190. The van der Waals surface area contributed by atoms with Crippen LogP contribution in [0.1, 0.15) is 19.8 Å². The van der Waals surface area contributed by atoms with Gasteiger partial charge in [0.2, 0.25) is 0 Å². The molecule has 1 unspecified atom stereocenters. The molecule has 0 spiro atoms. The second-order valence-electron chi connectivity index (χ2n) is 2.33. The molecule has 0 rings (SSSR count). The zero-order valence-electron chi connectivity index (χ0n) is 7.27. The van der Waals surface area contributed by atoms with E-state index in [1.54, 1.807) is 6.92 Å². The summed E-state index contributed by atoms with van der Waals surface area (Å²) >= 11 is 0. The molecule has 0 aromatic carbocycles. The van der Waals surface area contributed by atoms with Gasteiger partial charge in [0.15, 0.2) is 0 Å². The summed E-state index contributed by atoms with van der Waals surface area (Å²) in [4.78, 5) is 19.0. The van der Waals surface area contributed by atoms with Crippen molar-refractivity contribution in [2.75, 3.05) is 13.2 Å². The van der Waals surface area contributed by atoms with Crippen molar-refractivity contribution in [2.45, 2.75) is 19.8 Å². The Balaban J connectivity index is 0. The minimum Gasteiger partial charge on any atom is -0.396 e. The highest BCUT2D eigenvalue weighted by atomic mass is 16.3. The zero-order valence-corrected chi connectivity index (χ0v) is 7.27. The van der Waals surface area contributed by atoms with Gasteiger partial charge in [-0.1, -0.05) is 6.92 Å². The maximum atomic E-state index is 9.58. The second kappa shape index (κ2) is 12.9. The van der Waals surface area contributed by atoms with Crippen LogP contribution in [0.5, 0.6) is 0 Å². The van der Waals surface area contributed by atoms with Crippen LogP contribution in [0, 0.1) is 5.92 Å². The Labute approximate surface area is 72.2 Å².